The molecule has 22 N–H and O–H groups in total. The number of phenolic OH excluding ortho intramolecular Hbond substituents is 3. The van der Waals surface area contributed by atoms with Crippen molar-refractivity contribution in [1.29, 1.82) is 0 Å². The highest BCUT2D eigenvalue weighted by molar-refractivity contribution is 6.32. The highest BCUT2D eigenvalue weighted by Gasteiger charge is 2.55. The van der Waals surface area contributed by atoms with Gasteiger partial charge < -0.3 is 123 Å². The number of nitrogens with one attached hydrogen (secondary N) is 7. The van der Waals surface area contributed by atoms with E-state index in [1.807, 2.05) is 13.8 Å². The van der Waals surface area contributed by atoms with Gasteiger partial charge in [-0.3, -0.25) is 38.9 Å². The number of aliphatic hydroxyl groups excluding tert-OH is 7. The molecular formula is C66H77Cl2N9O23. The van der Waals surface area contributed by atoms with E-state index in [-0.39, 0.29) is 52.0 Å². The molecule has 34 heteroatoms. The first kappa shape index (κ1) is 74.0. The molecule has 0 radical (unpaired) electrons. The lowest BCUT2D eigenvalue weighted by Gasteiger charge is -2.50. The lowest BCUT2D eigenvalue weighted by molar-refractivity contribution is -0.293. The molecule has 7 aliphatic rings. The van der Waals surface area contributed by atoms with Crippen LogP contribution >= 0.6 is 23.2 Å². The van der Waals surface area contributed by atoms with Crippen molar-refractivity contribution in [3.63, 3.8) is 0 Å². The molecule has 0 spiro atoms. The van der Waals surface area contributed by atoms with Gasteiger partial charge in [0.05, 0.1) is 65.5 Å². The average molecular weight is 1440 g/mol. The molecule has 32 nitrogen and oxygen atoms in total. The van der Waals surface area contributed by atoms with E-state index in [1.54, 1.807) is 0 Å². The Balaban J connectivity index is 1.25. The SMILES string of the molecule is CN[C@H](CC(C)C)C(=O)NC1C(=O)NC(CC(N)=O)C(=O)N[C@H]2C(=O)N[C@H]3C(=O)N[C@H](C(O)N[C@H](C(=O)O)c4cc(O)cc(O)c4-c4cc3ccc4O)[C@H](O)c3ccc(c(Cl)c3)Oc3cc2cc(c3O[C@@H]2O[C@H](CO)[C@@H](O)[C@H](O)C2[C@H]2C[C@](C)(N)[C@H](O)[C@H](C)O2)Oc2ccc(cc2Cl)[C@H]1O. The Kier molecular flexibility index (Phi) is 22.1. The van der Waals surface area contributed by atoms with Crippen LogP contribution in [0.5, 0.6) is 46.0 Å². The number of amides is 6. The first-order valence-corrected chi connectivity index (χ1v) is 32.4. The van der Waals surface area contributed by atoms with Crippen LogP contribution in [0.4, 0.5) is 0 Å². The first-order chi connectivity index (χ1) is 47.2. The molecule has 2 fully saturated rings. The maximum atomic E-state index is 16.0. The fourth-order valence-electron chi connectivity index (χ4n) is 13.0. The molecule has 5 aromatic carbocycles. The number of carboxylic acid groups (broad SMARTS) is 1. The predicted octanol–water partition coefficient (Wildman–Crippen LogP) is 0.172. The summed E-state index contributed by atoms with van der Waals surface area (Å²) in [6.07, 6.45) is -18.4. The molecule has 7 aliphatic heterocycles. The van der Waals surface area contributed by atoms with Crippen LogP contribution in [0, 0.1) is 11.8 Å². The van der Waals surface area contributed by atoms with Crippen molar-refractivity contribution < 1.29 is 113 Å². The number of benzene rings is 5. The van der Waals surface area contributed by atoms with Crippen molar-refractivity contribution in [2.75, 3.05) is 13.7 Å². The van der Waals surface area contributed by atoms with Gasteiger partial charge in [0.25, 0.3) is 0 Å². The van der Waals surface area contributed by atoms with Crippen LogP contribution in [0.3, 0.4) is 0 Å². The molecule has 19 atom stereocenters. The van der Waals surface area contributed by atoms with E-state index in [2.05, 4.69) is 37.2 Å². The number of nitrogens with two attached hydrogens (primary N) is 2. The lowest BCUT2D eigenvalue weighted by atomic mass is 9.76. The van der Waals surface area contributed by atoms with Crippen molar-refractivity contribution in [2.45, 2.75) is 156 Å². The highest BCUT2D eigenvalue weighted by Crippen LogP contribution is 2.51. The molecule has 0 saturated carbocycles. The molecule has 11 bridgehead atoms. The van der Waals surface area contributed by atoms with Crippen LogP contribution in [0.1, 0.15) is 105 Å². The molecule has 0 aromatic heterocycles. The van der Waals surface area contributed by atoms with E-state index >= 15 is 14.4 Å². The average Bonchev–Trinajstić information content (AvgIpc) is 0.763. The minimum absolute atomic E-state index is 0.0897. The van der Waals surface area contributed by atoms with Crippen molar-refractivity contribution in [3.8, 4) is 57.1 Å². The number of phenols is 3. The molecule has 2 saturated heterocycles. The van der Waals surface area contributed by atoms with Crippen molar-refractivity contribution >= 4 is 64.6 Å². The number of hydrogen-bond acceptors (Lipinski definition) is 25. The van der Waals surface area contributed by atoms with Gasteiger partial charge in [0.2, 0.25) is 47.5 Å². The fourth-order valence-corrected chi connectivity index (χ4v) is 13.5. The largest absolute Gasteiger partial charge is 0.508 e. The summed E-state index contributed by atoms with van der Waals surface area (Å²) in [5.74, 6) is -15.5. The van der Waals surface area contributed by atoms with Gasteiger partial charge in [-0.25, -0.2) is 0 Å². The molecule has 12 rings (SSSR count). The van der Waals surface area contributed by atoms with Gasteiger partial charge in [-0.05, 0) is 122 Å². The summed E-state index contributed by atoms with van der Waals surface area (Å²) in [6, 6.07) is 0.192. The van der Waals surface area contributed by atoms with E-state index in [4.69, 9.17) is 58.4 Å². The third-order valence-corrected chi connectivity index (χ3v) is 18.8. The smallest absolute Gasteiger partial charge is 0.325 e. The number of ether oxygens (including phenoxy) is 5. The maximum absolute atomic E-state index is 16.0. The molecule has 7 heterocycles. The second-order valence-corrected chi connectivity index (χ2v) is 26.8. The molecule has 5 aromatic rings. The molecule has 0 aliphatic carbocycles. The zero-order valence-corrected chi connectivity index (χ0v) is 55.5. The van der Waals surface area contributed by atoms with Crippen molar-refractivity contribution in [2.24, 2.45) is 23.3 Å². The summed E-state index contributed by atoms with van der Waals surface area (Å²) < 4.78 is 32.6. The number of fused-ring (bicyclic) bond motifs is 15. The van der Waals surface area contributed by atoms with Gasteiger partial charge in [0, 0.05) is 22.7 Å². The van der Waals surface area contributed by atoms with Crippen LogP contribution in [-0.4, -0.2) is 190 Å². The maximum Gasteiger partial charge on any atom is 0.325 e. The Morgan fingerprint density at radius 2 is 1.33 bits per heavy atom. The van der Waals surface area contributed by atoms with Crippen LogP contribution in [0.15, 0.2) is 78.9 Å². The van der Waals surface area contributed by atoms with Gasteiger partial charge in [0.1, 0.15) is 89.6 Å². The Hall–Kier alpha value is -8.71. The number of aromatic hydroxyl groups is 3. The number of halogens is 2. The minimum atomic E-state index is -2.37. The van der Waals surface area contributed by atoms with Gasteiger partial charge in [-0.2, -0.15) is 0 Å². The third-order valence-electron chi connectivity index (χ3n) is 18.2. The van der Waals surface area contributed by atoms with E-state index in [1.165, 1.54) is 39.1 Å². The Bertz CT molecular complexity index is 4000. The number of carbonyl (C=O) groups is 7. The van der Waals surface area contributed by atoms with Gasteiger partial charge in [0.15, 0.2) is 11.5 Å². The zero-order valence-electron chi connectivity index (χ0n) is 54.0. The van der Waals surface area contributed by atoms with Crippen molar-refractivity contribution in [1.82, 2.24) is 37.2 Å². The third kappa shape index (κ3) is 15.3. The summed E-state index contributed by atoms with van der Waals surface area (Å²) in [5.41, 5.74) is 8.43. The number of aliphatic carboxylic acids is 1. The van der Waals surface area contributed by atoms with Gasteiger partial charge in [-0.15, -0.1) is 0 Å². The van der Waals surface area contributed by atoms with Gasteiger partial charge in [-0.1, -0.05) is 55.2 Å². The number of rotatable bonds is 12. The van der Waals surface area contributed by atoms with E-state index in [9.17, 15) is 75.3 Å². The van der Waals surface area contributed by atoms with Crippen LogP contribution < -0.4 is 62.9 Å². The van der Waals surface area contributed by atoms with E-state index in [0.717, 1.165) is 60.7 Å². The molecule has 4 unspecified atom stereocenters. The summed E-state index contributed by atoms with van der Waals surface area (Å²) in [5, 5.41) is 144. The number of likely N-dealkylation sites (N-methyl/N-ethyl adjacent to an activating group) is 1. The number of carbonyl (C=O) groups excluding carboxylic acids is 6. The minimum Gasteiger partial charge on any atom is -0.508 e. The van der Waals surface area contributed by atoms with Crippen LogP contribution in [0.25, 0.3) is 11.1 Å². The summed E-state index contributed by atoms with van der Waals surface area (Å²) in [7, 11) is 1.48. The second-order valence-electron chi connectivity index (χ2n) is 26.0. The monoisotopic (exact) mass is 1430 g/mol. The van der Waals surface area contributed by atoms with Crippen LogP contribution in [0.2, 0.25) is 10.0 Å². The van der Waals surface area contributed by atoms with Gasteiger partial charge >= 0.3 is 5.97 Å². The molecular weight excluding hydrogens is 1360 g/mol. The highest BCUT2D eigenvalue weighted by atomic mass is 35.5. The number of primary amides is 1. The summed E-state index contributed by atoms with van der Waals surface area (Å²) in [6.45, 7) is 5.74. The summed E-state index contributed by atoms with van der Waals surface area (Å²) >= 11 is 14.2. The van der Waals surface area contributed by atoms with E-state index < -0.39 is 231 Å². The predicted molar refractivity (Wildman–Crippen MR) is 349 cm³/mol. The Labute approximate surface area is 579 Å². The quantitative estimate of drug-likeness (QED) is 0.0792. The standard InChI is InChI=1S/C66H77Cl2N9O23/c1-23(2)12-34(71-5)58(88)76-50-52(83)26-7-10-38(32(67)14-26)97-40-16-28-17-41(56(40)100-65-46(55(86)54(85)43(22-78)99-65)42-21-66(4,70)57(87)24(3)96-42)98-39-11-8-27(15-33(39)68)53(84)51-63(93)75-49(64(94)95)31-18-29(79)19-37(81)45(31)30-13-25(6-9-36(30)80)47(60(90)77-51)74-61(91)48(28)73-59(89)35(20-44(69)82)72-62(50)92/h6-11,13-19,23-24,34-35,42-43,46-55,57,63,65,71,75,78-81,83-87,93H,12,20-22,70H2,1-5H3,(H2,69,82)(H,72,92)(H,73,89)(H,74,91)(H,76,88)(H,77,90)(H,94,95)/t24-,34+,35?,42+,43+,46?,47+,48+,49-,50?,51-,52+,53+,54+,55+,57+,63?,65-,66-/m0/s1. The van der Waals surface area contributed by atoms with E-state index in [0.29, 0.717) is 0 Å². The molecule has 538 valence electrons. The first-order valence-electron chi connectivity index (χ1n) is 31.6. The Morgan fingerprint density at radius 3 is 1.91 bits per heavy atom. The molecule has 100 heavy (non-hydrogen) atoms. The van der Waals surface area contributed by atoms with Crippen molar-refractivity contribution in [3.05, 3.63) is 117 Å². The number of aliphatic hydroxyl groups is 7. The zero-order chi connectivity index (χ0) is 72.8. The normalized spacial score (nSPS) is 30.4. The topological polar surface area (TPSA) is 524 Å². The summed E-state index contributed by atoms with van der Waals surface area (Å²) in [4.78, 5) is 102. The lowest BCUT2D eigenvalue weighted by Crippen LogP contribution is -2.66. The fraction of sp³-hybridized carbons (Fsp3) is 0.439. The van der Waals surface area contributed by atoms with Crippen LogP contribution in [-0.2, 0) is 43.0 Å². The second kappa shape index (κ2) is 29.9. The molecule has 6 amide bonds. The number of carboxylic acids is 1. The Morgan fingerprint density at radius 1 is 0.730 bits per heavy atom. The number of hydrogen-bond donors (Lipinski definition) is 20.